The largest absolute Gasteiger partial charge is 0.494 e. The normalized spacial score (nSPS) is 20.2. The van der Waals surface area contributed by atoms with Gasteiger partial charge in [-0.1, -0.05) is 25.5 Å². The monoisotopic (exact) mass is 233 g/mol. The van der Waals surface area contributed by atoms with Gasteiger partial charge in [0.2, 0.25) is 0 Å². The minimum atomic E-state index is 0.665. The lowest BCUT2D eigenvalue weighted by molar-refractivity contribution is 0.268. The second-order valence-electron chi connectivity index (χ2n) is 4.78. The number of hydrogen-bond acceptors (Lipinski definition) is 2. The van der Waals surface area contributed by atoms with Crippen LogP contribution in [0.2, 0.25) is 0 Å². The lowest BCUT2D eigenvalue weighted by atomic mass is 10.0. The Morgan fingerprint density at radius 3 is 2.71 bits per heavy atom. The predicted octanol–water partition coefficient (Wildman–Crippen LogP) is 3.16. The van der Waals surface area contributed by atoms with Crippen molar-refractivity contribution in [2.24, 2.45) is 0 Å². The molecule has 0 aliphatic carbocycles. The lowest BCUT2D eigenvalue weighted by Gasteiger charge is -2.23. The van der Waals surface area contributed by atoms with Crippen LogP contribution in [0.5, 0.6) is 5.75 Å². The highest BCUT2D eigenvalue weighted by Crippen LogP contribution is 2.14. The lowest BCUT2D eigenvalue weighted by Crippen LogP contribution is -2.35. The Hall–Kier alpha value is -1.02. The molecule has 1 fully saturated rings. The van der Waals surface area contributed by atoms with E-state index in [0.29, 0.717) is 6.04 Å². The van der Waals surface area contributed by atoms with Gasteiger partial charge in [0.25, 0.3) is 0 Å². The molecule has 0 spiro atoms. The van der Waals surface area contributed by atoms with Crippen LogP contribution in [-0.4, -0.2) is 19.2 Å². The van der Waals surface area contributed by atoms with Crippen molar-refractivity contribution >= 4 is 0 Å². The highest BCUT2D eigenvalue weighted by Gasteiger charge is 2.11. The Morgan fingerprint density at radius 1 is 1.24 bits per heavy atom. The van der Waals surface area contributed by atoms with Gasteiger partial charge in [0.1, 0.15) is 5.75 Å². The number of hydrogen-bond donors (Lipinski definition) is 1. The summed E-state index contributed by atoms with van der Waals surface area (Å²) in [7, 11) is 0. The molecule has 1 heterocycles. The highest BCUT2D eigenvalue weighted by atomic mass is 16.5. The molecule has 1 aromatic rings. The molecule has 2 nitrogen and oxygen atoms in total. The first-order chi connectivity index (χ1) is 8.38. The van der Waals surface area contributed by atoms with Crippen molar-refractivity contribution in [3.8, 4) is 5.75 Å². The first kappa shape index (κ1) is 12.4. The van der Waals surface area contributed by atoms with E-state index < -0.39 is 0 Å². The maximum Gasteiger partial charge on any atom is 0.119 e. The van der Waals surface area contributed by atoms with Crippen LogP contribution in [0.25, 0.3) is 0 Å². The maximum atomic E-state index is 5.77. The Balaban J connectivity index is 1.69. The zero-order valence-electron chi connectivity index (χ0n) is 10.7. The third-order valence-corrected chi connectivity index (χ3v) is 3.48. The van der Waals surface area contributed by atoms with Gasteiger partial charge in [-0.15, -0.1) is 0 Å². The van der Waals surface area contributed by atoms with E-state index in [-0.39, 0.29) is 0 Å². The number of benzene rings is 1. The Labute approximate surface area is 104 Å². The van der Waals surface area contributed by atoms with Gasteiger partial charge in [-0.2, -0.15) is 0 Å². The average Bonchev–Trinajstić information content (AvgIpc) is 2.41. The fourth-order valence-corrected chi connectivity index (χ4v) is 2.31. The summed E-state index contributed by atoms with van der Waals surface area (Å²) >= 11 is 0. The summed E-state index contributed by atoms with van der Waals surface area (Å²) in [6.07, 6.45) is 6.21. The third kappa shape index (κ3) is 4.04. The highest BCUT2D eigenvalue weighted by molar-refractivity contribution is 5.27. The van der Waals surface area contributed by atoms with Crippen LogP contribution in [0.15, 0.2) is 24.3 Å². The smallest absolute Gasteiger partial charge is 0.119 e. The van der Waals surface area contributed by atoms with Crippen molar-refractivity contribution in [1.29, 1.82) is 0 Å². The Morgan fingerprint density at radius 2 is 2.06 bits per heavy atom. The van der Waals surface area contributed by atoms with Crippen LogP contribution in [0.4, 0.5) is 0 Å². The van der Waals surface area contributed by atoms with E-state index >= 15 is 0 Å². The molecule has 17 heavy (non-hydrogen) atoms. The molecule has 0 aromatic heterocycles. The zero-order valence-corrected chi connectivity index (χ0v) is 10.7. The fraction of sp³-hybridized carbons (Fsp3) is 0.600. The van der Waals surface area contributed by atoms with Crippen LogP contribution in [0.3, 0.4) is 0 Å². The molecule has 0 radical (unpaired) electrons. The molecule has 1 unspecified atom stereocenters. The van der Waals surface area contributed by atoms with Crippen molar-refractivity contribution in [2.45, 2.75) is 45.1 Å². The van der Waals surface area contributed by atoms with E-state index in [4.69, 9.17) is 4.74 Å². The fourth-order valence-electron chi connectivity index (χ4n) is 2.31. The molecule has 2 rings (SSSR count). The second kappa shape index (κ2) is 6.65. The minimum Gasteiger partial charge on any atom is -0.494 e. The van der Waals surface area contributed by atoms with Crippen LogP contribution in [0.1, 0.15) is 38.2 Å². The van der Waals surface area contributed by atoms with E-state index in [1.165, 1.54) is 31.4 Å². The first-order valence-electron chi connectivity index (χ1n) is 6.83. The van der Waals surface area contributed by atoms with Gasteiger partial charge >= 0.3 is 0 Å². The van der Waals surface area contributed by atoms with Crippen LogP contribution < -0.4 is 10.1 Å². The van der Waals surface area contributed by atoms with Gasteiger partial charge in [-0.05, 0) is 49.9 Å². The molecule has 1 atom stereocenters. The summed E-state index contributed by atoms with van der Waals surface area (Å²) in [6.45, 7) is 4.17. The number of rotatable bonds is 5. The summed E-state index contributed by atoms with van der Waals surface area (Å²) < 4.78 is 5.77. The first-order valence-corrected chi connectivity index (χ1v) is 6.83. The molecule has 1 aliphatic rings. The Bertz CT molecular complexity index is 314. The SMILES string of the molecule is CCc1ccc(OCCC2CCCCN2)cc1. The topological polar surface area (TPSA) is 21.3 Å². The number of aryl methyl sites for hydroxylation is 1. The standard InChI is InChI=1S/C15H23NO/c1-2-13-6-8-15(9-7-13)17-12-10-14-5-3-4-11-16-14/h6-9,14,16H,2-5,10-12H2,1H3. The molecule has 0 amide bonds. The number of ether oxygens (including phenoxy) is 1. The van der Waals surface area contributed by atoms with Crippen molar-refractivity contribution in [1.82, 2.24) is 5.32 Å². The number of nitrogens with one attached hydrogen (secondary N) is 1. The molecular weight excluding hydrogens is 210 g/mol. The van der Waals surface area contributed by atoms with Gasteiger partial charge in [0.15, 0.2) is 0 Å². The van der Waals surface area contributed by atoms with Crippen molar-refractivity contribution in [3.05, 3.63) is 29.8 Å². The molecule has 1 aromatic carbocycles. The maximum absolute atomic E-state index is 5.77. The van der Waals surface area contributed by atoms with E-state index in [2.05, 4.69) is 36.5 Å². The van der Waals surface area contributed by atoms with E-state index in [1.54, 1.807) is 0 Å². The molecule has 1 saturated heterocycles. The molecule has 2 heteroatoms. The summed E-state index contributed by atoms with van der Waals surface area (Å²) in [5.41, 5.74) is 1.37. The summed E-state index contributed by atoms with van der Waals surface area (Å²) in [5, 5.41) is 3.54. The minimum absolute atomic E-state index is 0.665. The summed E-state index contributed by atoms with van der Waals surface area (Å²) in [4.78, 5) is 0. The zero-order chi connectivity index (χ0) is 11.9. The summed E-state index contributed by atoms with van der Waals surface area (Å²) in [5.74, 6) is 0.998. The molecule has 0 bridgehead atoms. The average molecular weight is 233 g/mol. The molecule has 94 valence electrons. The van der Waals surface area contributed by atoms with Gasteiger partial charge in [-0.3, -0.25) is 0 Å². The van der Waals surface area contributed by atoms with Gasteiger partial charge < -0.3 is 10.1 Å². The second-order valence-corrected chi connectivity index (χ2v) is 4.78. The van der Waals surface area contributed by atoms with Gasteiger partial charge in [-0.25, -0.2) is 0 Å². The van der Waals surface area contributed by atoms with Crippen LogP contribution in [0, 0.1) is 0 Å². The third-order valence-electron chi connectivity index (χ3n) is 3.48. The molecular formula is C15H23NO. The van der Waals surface area contributed by atoms with Crippen molar-refractivity contribution < 1.29 is 4.74 Å². The number of piperidine rings is 1. The van der Waals surface area contributed by atoms with Crippen molar-refractivity contribution in [3.63, 3.8) is 0 Å². The Kier molecular flexibility index (Phi) is 4.87. The van der Waals surface area contributed by atoms with Gasteiger partial charge in [0, 0.05) is 6.04 Å². The van der Waals surface area contributed by atoms with E-state index in [0.717, 1.165) is 25.2 Å². The summed E-state index contributed by atoms with van der Waals surface area (Å²) in [6, 6.07) is 9.11. The van der Waals surface area contributed by atoms with Crippen LogP contribution in [-0.2, 0) is 6.42 Å². The molecule has 0 saturated carbocycles. The van der Waals surface area contributed by atoms with Crippen LogP contribution >= 0.6 is 0 Å². The quantitative estimate of drug-likeness (QED) is 0.843. The van der Waals surface area contributed by atoms with E-state index in [9.17, 15) is 0 Å². The molecule has 1 N–H and O–H groups in total. The van der Waals surface area contributed by atoms with Gasteiger partial charge in [0.05, 0.1) is 6.61 Å². The van der Waals surface area contributed by atoms with E-state index in [1.807, 2.05) is 0 Å². The molecule has 1 aliphatic heterocycles. The predicted molar refractivity (Wildman–Crippen MR) is 71.6 cm³/mol. The van der Waals surface area contributed by atoms with Crippen molar-refractivity contribution in [2.75, 3.05) is 13.2 Å².